The highest BCUT2D eigenvalue weighted by Gasteiger charge is 2.26. The number of nitrogens with two attached hydrogens (primary N) is 1. The number of hydrogen-bond donors (Lipinski definition) is 2. The van der Waals surface area contributed by atoms with E-state index in [1.807, 2.05) is 12.1 Å². The molecular weight excluding hydrogens is 236 g/mol. The Bertz CT molecular complexity index is 590. The third-order valence-corrected chi connectivity index (χ3v) is 3.53. The molecule has 0 unspecified atom stereocenters. The number of nitrogens with zero attached hydrogens (tertiary/aromatic N) is 2. The van der Waals surface area contributed by atoms with Gasteiger partial charge in [0.25, 0.3) is 0 Å². The van der Waals surface area contributed by atoms with Crippen LogP contribution in [-0.2, 0) is 6.42 Å². The molecule has 3 rings (SSSR count). The van der Waals surface area contributed by atoms with Crippen LogP contribution in [-0.4, -0.2) is 9.97 Å². The molecule has 0 amide bonds. The maximum atomic E-state index is 5.52. The van der Waals surface area contributed by atoms with E-state index in [4.69, 9.17) is 10.8 Å². The summed E-state index contributed by atoms with van der Waals surface area (Å²) in [4.78, 5) is 9.21. The van der Waals surface area contributed by atoms with Gasteiger partial charge in [0.05, 0.1) is 0 Å². The van der Waals surface area contributed by atoms with E-state index in [-0.39, 0.29) is 0 Å². The molecule has 1 fully saturated rings. The van der Waals surface area contributed by atoms with E-state index in [2.05, 4.69) is 35.5 Å². The van der Waals surface area contributed by atoms with Crippen LogP contribution in [0.15, 0.2) is 30.3 Å². The summed E-state index contributed by atoms with van der Waals surface area (Å²) in [5.74, 6) is 7.57. The maximum absolute atomic E-state index is 5.52. The molecule has 0 bridgehead atoms. The predicted octanol–water partition coefficient (Wildman–Crippen LogP) is 2.87. The van der Waals surface area contributed by atoms with E-state index in [0.29, 0.717) is 11.7 Å². The van der Waals surface area contributed by atoms with Gasteiger partial charge in [-0.15, -0.1) is 0 Å². The van der Waals surface area contributed by atoms with E-state index in [9.17, 15) is 0 Å². The summed E-state index contributed by atoms with van der Waals surface area (Å²) in [6.45, 7) is 2.14. The van der Waals surface area contributed by atoms with E-state index in [1.54, 1.807) is 0 Å². The molecular formula is C15H18N4. The van der Waals surface area contributed by atoms with Crippen LogP contribution in [0.2, 0.25) is 0 Å². The Kier molecular flexibility index (Phi) is 3.17. The van der Waals surface area contributed by atoms with Gasteiger partial charge < -0.3 is 5.43 Å². The van der Waals surface area contributed by atoms with Crippen LogP contribution in [0.3, 0.4) is 0 Å². The molecule has 1 heterocycles. The second-order valence-corrected chi connectivity index (χ2v) is 4.93. The summed E-state index contributed by atoms with van der Waals surface area (Å²) in [6, 6.07) is 10.2. The standard InChI is InChI=1S/C15H18N4/c1-2-10-5-3-4-6-12(10)15-17-13(11-7-8-11)9-14(18-15)19-16/h3-6,9,11H,2,7-8,16H2,1H3,(H,17,18,19). The lowest BCUT2D eigenvalue weighted by atomic mass is 10.0. The SMILES string of the molecule is CCc1ccccc1-c1nc(NN)cc(C2CC2)n1. The largest absolute Gasteiger partial charge is 0.308 e. The highest BCUT2D eigenvalue weighted by atomic mass is 15.3. The molecule has 0 aliphatic heterocycles. The molecule has 4 nitrogen and oxygen atoms in total. The normalized spacial score (nSPS) is 14.4. The minimum absolute atomic E-state index is 0.586. The van der Waals surface area contributed by atoms with E-state index >= 15 is 0 Å². The van der Waals surface area contributed by atoms with Crippen molar-refractivity contribution < 1.29 is 0 Å². The molecule has 19 heavy (non-hydrogen) atoms. The predicted molar refractivity (Wildman–Crippen MR) is 76.6 cm³/mol. The fourth-order valence-electron chi connectivity index (χ4n) is 2.30. The van der Waals surface area contributed by atoms with Crippen LogP contribution in [0.5, 0.6) is 0 Å². The van der Waals surface area contributed by atoms with Crippen molar-refractivity contribution in [3.63, 3.8) is 0 Å². The number of hydrazine groups is 1. The Morgan fingerprint density at radius 3 is 2.74 bits per heavy atom. The summed E-state index contributed by atoms with van der Waals surface area (Å²) < 4.78 is 0. The summed E-state index contributed by atoms with van der Waals surface area (Å²) in [5, 5.41) is 0. The molecule has 2 aromatic rings. The topological polar surface area (TPSA) is 63.8 Å². The molecule has 0 spiro atoms. The monoisotopic (exact) mass is 254 g/mol. The first kappa shape index (κ1) is 12.1. The van der Waals surface area contributed by atoms with Crippen molar-refractivity contribution in [2.45, 2.75) is 32.1 Å². The van der Waals surface area contributed by atoms with Crippen LogP contribution in [0, 0.1) is 0 Å². The number of anilines is 1. The number of aryl methyl sites for hydroxylation is 1. The van der Waals surface area contributed by atoms with Gasteiger partial charge in [0.15, 0.2) is 5.82 Å². The van der Waals surface area contributed by atoms with Gasteiger partial charge in [-0.25, -0.2) is 15.8 Å². The zero-order valence-electron chi connectivity index (χ0n) is 11.1. The van der Waals surface area contributed by atoms with Crippen LogP contribution in [0.4, 0.5) is 5.82 Å². The lowest BCUT2D eigenvalue weighted by molar-refractivity contribution is 0.986. The van der Waals surface area contributed by atoms with E-state index < -0.39 is 0 Å². The van der Waals surface area contributed by atoms with Gasteiger partial charge in [0.1, 0.15) is 5.82 Å². The summed E-state index contributed by atoms with van der Waals surface area (Å²) in [7, 11) is 0. The third-order valence-electron chi connectivity index (χ3n) is 3.53. The smallest absolute Gasteiger partial charge is 0.162 e. The van der Waals surface area contributed by atoms with Gasteiger partial charge >= 0.3 is 0 Å². The molecule has 1 aromatic carbocycles. The fourth-order valence-corrected chi connectivity index (χ4v) is 2.30. The first-order valence-corrected chi connectivity index (χ1v) is 6.75. The fraction of sp³-hybridized carbons (Fsp3) is 0.333. The van der Waals surface area contributed by atoms with Crippen molar-refractivity contribution >= 4 is 5.82 Å². The Hall–Kier alpha value is -1.94. The van der Waals surface area contributed by atoms with Crippen molar-refractivity contribution in [2.75, 3.05) is 5.43 Å². The molecule has 1 aliphatic rings. The van der Waals surface area contributed by atoms with E-state index in [0.717, 1.165) is 23.5 Å². The number of nitrogen functional groups attached to an aromatic ring is 1. The zero-order chi connectivity index (χ0) is 13.2. The second-order valence-electron chi connectivity index (χ2n) is 4.93. The minimum Gasteiger partial charge on any atom is -0.308 e. The molecule has 98 valence electrons. The van der Waals surface area contributed by atoms with Crippen LogP contribution in [0.25, 0.3) is 11.4 Å². The lowest BCUT2D eigenvalue weighted by Crippen LogP contribution is -2.10. The average molecular weight is 254 g/mol. The van der Waals surface area contributed by atoms with Crippen molar-refractivity contribution in [3.05, 3.63) is 41.6 Å². The first-order valence-electron chi connectivity index (χ1n) is 6.75. The highest BCUT2D eigenvalue weighted by Crippen LogP contribution is 2.40. The molecule has 1 aliphatic carbocycles. The van der Waals surface area contributed by atoms with Gasteiger partial charge in [0.2, 0.25) is 0 Å². The van der Waals surface area contributed by atoms with Gasteiger partial charge in [0, 0.05) is 23.2 Å². The van der Waals surface area contributed by atoms with Crippen LogP contribution >= 0.6 is 0 Å². The van der Waals surface area contributed by atoms with Gasteiger partial charge in [-0.1, -0.05) is 31.2 Å². The average Bonchev–Trinajstić information content (AvgIpc) is 3.31. The van der Waals surface area contributed by atoms with Gasteiger partial charge in [-0.05, 0) is 24.8 Å². The molecule has 0 atom stereocenters. The highest BCUT2D eigenvalue weighted by molar-refractivity contribution is 5.62. The Labute approximate surface area is 113 Å². The molecule has 1 saturated carbocycles. The number of hydrogen-bond acceptors (Lipinski definition) is 4. The van der Waals surface area contributed by atoms with Crippen molar-refractivity contribution in [1.29, 1.82) is 0 Å². The summed E-state index contributed by atoms with van der Waals surface area (Å²) in [5.41, 5.74) is 6.11. The molecule has 0 saturated heterocycles. The quantitative estimate of drug-likeness (QED) is 0.650. The van der Waals surface area contributed by atoms with Crippen molar-refractivity contribution in [3.8, 4) is 11.4 Å². The van der Waals surface area contributed by atoms with Crippen LogP contribution < -0.4 is 11.3 Å². The minimum atomic E-state index is 0.586. The van der Waals surface area contributed by atoms with Crippen molar-refractivity contribution in [1.82, 2.24) is 9.97 Å². The number of benzene rings is 1. The lowest BCUT2D eigenvalue weighted by Gasteiger charge is -2.10. The van der Waals surface area contributed by atoms with Gasteiger partial charge in [-0.3, -0.25) is 0 Å². The third kappa shape index (κ3) is 2.44. The first-order chi connectivity index (χ1) is 9.31. The summed E-state index contributed by atoms with van der Waals surface area (Å²) >= 11 is 0. The summed E-state index contributed by atoms with van der Waals surface area (Å²) in [6.07, 6.45) is 3.41. The zero-order valence-corrected chi connectivity index (χ0v) is 11.1. The second kappa shape index (κ2) is 4.97. The number of nitrogens with one attached hydrogen (secondary N) is 1. The van der Waals surface area contributed by atoms with Gasteiger partial charge in [-0.2, -0.15) is 0 Å². The number of rotatable bonds is 4. The molecule has 3 N–H and O–H groups in total. The van der Waals surface area contributed by atoms with Crippen LogP contribution in [0.1, 0.15) is 36.9 Å². The Balaban J connectivity index is 2.10. The molecule has 0 radical (unpaired) electrons. The number of aromatic nitrogens is 2. The van der Waals surface area contributed by atoms with Crippen molar-refractivity contribution in [2.24, 2.45) is 5.84 Å². The Morgan fingerprint density at radius 2 is 2.05 bits per heavy atom. The molecule has 1 aromatic heterocycles. The molecule has 4 heteroatoms. The maximum Gasteiger partial charge on any atom is 0.162 e. The van der Waals surface area contributed by atoms with E-state index in [1.165, 1.54) is 18.4 Å². The Morgan fingerprint density at radius 1 is 1.26 bits per heavy atom.